The maximum Gasteiger partial charge on any atom is 0.258 e. The van der Waals surface area contributed by atoms with Crippen LogP contribution in [0.25, 0.3) is 0 Å². The molecular formula is C16H15ClN2OS. The molecule has 0 aromatic heterocycles. The fraction of sp³-hybridized carbons (Fsp3) is 0.125. The second-order valence-electron chi connectivity index (χ2n) is 4.70. The zero-order valence-electron chi connectivity index (χ0n) is 11.8. The minimum absolute atomic E-state index is 0.132. The van der Waals surface area contributed by atoms with Gasteiger partial charge in [-0.2, -0.15) is 0 Å². The summed E-state index contributed by atoms with van der Waals surface area (Å²) < 4.78 is 0. The minimum atomic E-state index is -0.132. The molecule has 1 amide bonds. The van der Waals surface area contributed by atoms with Gasteiger partial charge in [-0.25, -0.2) is 0 Å². The van der Waals surface area contributed by atoms with E-state index in [0.717, 1.165) is 5.56 Å². The van der Waals surface area contributed by atoms with E-state index in [2.05, 4.69) is 0 Å². The van der Waals surface area contributed by atoms with Crippen LogP contribution in [0.4, 0.5) is 5.69 Å². The van der Waals surface area contributed by atoms with E-state index in [9.17, 15) is 4.79 Å². The lowest BCUT2D eigenvalue weighted by Gasteiger charge is -2.21. The van der Waals surface area contributed by atoms with Crippen molar-refractivity contribution in [3.63, 3.8) is 0 Å². The normalized spacial score (nSPS) is 10.2. The molecule has 0 saturated heterocycles. The lowest BCUT2D eigenvalue weighted by Crippen LogP contribution is -2.29. The van der Waals surface area contributed by atoms with Gasteiger partial charge < -0.3 is 10.6 Å². The third kappa shape index (κ3) is 3.23. The Bertz CT molecular complexity index is 715. The van der Waals surface area contributed by atoms with Crippen molar-refractivity contribution in [3.8, 4) is 0 Å². The van der Waals surface area contributed by atoms with Gasteiger partial charge in [0.2, 0.25) is 0 Å². The predicted molar refractivity (Wildman–Crippen MR) is 91.3 cm³/mol. The van der Waals surface area contributed by atoms with E-state index in [4.69, 9.17) is 29.6 Å². The van der Waals surface area contributed by atoms with Crippen molar-refractivity contribution in [1.29, 1.82) is 0 Å². The molecule has 0 atom stereocenters. The third-order valence-corrected chi connectivity index (χ3v) is 3.71. The highest BCUT2D eigenvalue weighted by atomic mass is 35.5. The highest BCUT2D eigenvalue weighted by Crippen LogP contribution is 2.23. The van der Waals surface area contributed by atoms with Crippen LogP contribution in [-0.4, -0.2) is 17.9 Å². The van der Waals surface area contributed by atoms with E-state index >= 15 is 0 Å². The molecule has 2 aromatic rings. The molecule has 2 aromatic carbocycles. The van der Waals surface area contributed by atoms with Gasteiger partial charge in [-0.3, -0.25) is 4.79 Å². The topological polar surface area (TPSA) is 46.3 Å². The fourth-order valence-corrected chi connectivity index (χ4v) is 2.53. The smallest absolute Gasteiger partial charge is 0.258 e. The average molecular weight is 319 g/mol. The molecule has 2 N–H and O–H groups in total. The third-order valence-electron chi connectivity index (χ3n) is 3.25. The van der Waals surface area contributed by atoms with Crippen molar-refractivity contribution in [2.75, 3.05) is 11.9 Å². The number of carbonyl (C=O) groups is 1. The van der Waals surface area contributed by atoms with Crippen LogP contribution < -0.4 is 10.6 Å². The Hall–Kier alpha value is -1.91. The van der Waals surface area contributed by atoms with Crippen LogP contribution in [0.3, 0.4) is 0 Å². The van der Waals surface area contributed by atoms with Gasteiger partial charge in [0.1, 0.15) is 4.99 Å². The number of amides is 1. The monoisotopic (exact) mass is 318 g/mol. The van der Waals surface area contributed by atoms with Crippen LogP contribution in [0, 0.1) is 6.92 Å². The van der Waals surface area contributed by atoms with Crippen molar-refractivity contribution in [1.82, 2.24) is 0 Å². The molecule has 0 radical (unpaired) electrons. The van der Waals surface area contributed by atoms with E-state index in [1.165, 1.54) is 0 Å². The van der Waals surface area contributed by atoms with Crippen LogP contribution in [0.1, 0.15) is 21.5 Å². The number of halogens is 1. The first kappa shape index (κ1) is 15.5. The SMILES string of the molecule is Cc1cc(Cl)ccc1C(=O)N(C)c1ccccc1C(N)=S. The number of anilines is 1. The van der Waals surface area contributed by atoms with Crippen molar-refractivity contribution in [2.24, 2.45) is 5.73 Å². The summed E-state index contributed by atoms with van der Waals surface area (Å²) in [6.45, 7) is 1.85. The highest BCUT2D eigenvalue weighted by molar-refractivity contribution is 7.80. The molecule has 0 saturated carbocycles. The van der Waals surface area contributed by atoms with E-state index in [1.54, 1.807) is 36.2 Å². The molecule has 5 heteroatoms. The molecule has 0 heterocycles. The van der Waals surface area contributed by atoms with Crippen molar-refractivity contribution in [3.05, 3.63) is 64.2 Å². The Morgan fingerprint density at radius 1 is 1.19 bits per heavy atom. The number of aryl methyl sites for hydroxylation is 1. The van der Waals surface area contributed by atoms with Crippen molar-refractivity contribution >= 4 is 40.4 Å². The van der Waals surface area contributed by atoms with E-state index < -0.39 is 0 Å². The van der Waals surface area contributed by atoms with Gasteiger partial charge in [0, 0.05) is 23.2 Å². The lowest BCUT2D eigenvalue weighted by atomic mass is 10.1. The van der Waals surface area contributed by atoms with Crippen LogP contribution in [0.2, 0.25) is 5.02 Å². The number of carbonyl (C=O) groups excluding carboxylic acids is 1. The van der Waals surface area contributed by atoms with Gasteiger partial charge in [0.15, 0.2) is 0 Å². The van der Waals surface area contributed by atoms with Gasteiger partial charge in [0.25, 0.3) is 5.91 Å². The number of nitrogens with two attached hydrogens (primary N) is 1. The van der Waals surface area contributed by atoms with E-state index in [-0.39, 0.29) is 10.9 Å². The first-order valence-corrected chi connectivity index (χ1v) is 7.13. The molecule has 0 aliphatic rings. The van der Waals surface area contributed by atoms with Crippen molar-refractivity contribution in [2.45, 2.75) is 6.92 Å². The van der Waals surface area contributed by atoms with Gasteiger partial charge in [-0.1, -0.05) is 36.0 Å². The van der Waals surface area contributed by atoms with E-state index in [0.29, 0.717) is 21.8 Å². The number of rotatable bonds is 3. The lowest BCUT2D eigenvalue weighted by molar-refractivity contribution is 0.0992. The molecule has 2 rings (SSSR count). The number of hydrogen-bond donors (Lipinski definition) is 1. The summed E-state index contributed by atoms with van der Waals surface area (Å²) in [6.07, 6.45) is 0. The first-order chi connectivity index (χ1) is 9.91. The highest BCUT2D eigenvalue weighted by Gasteiger charge is 2.18. The van der Waals surface area contributed by atoms with Crippen LogP contribution >= 0.6 is 23.8 Å². The number of nitrogens with zero attached hydrogens (tertiary/aromatic N) is 1. The molecule has 3 nitrogen and oxygen atoms in total. The summed E-state index contributed by atoms with van der Waals surface area (Å²) in [7, 11) is 1.70. The predicted octanol–water partition coefficient (Wildman–Crippen LogP) is 3.56. The Morgan fingerprint density at radius 2 is 1.86 bits per heavy atom. The molecule has 0 aliphatic carbocycles. The second kappa shape index (κ2) is 6.24. The Balaban J connectivity index is 2.42. The molecule has 0 bridgehead atoms. The number of thiocarbonyl (C=S) groups is 1. The van der Waals surface area contributed by atoms with Gasteiger partial charge in [0.05, 0.1) is 5.69 Å². The van der Waals surface area contributed by atoms with Crippen LogP contribution in [-0.2, 0) is 0 Å². The molecule has 0 unspecified atom stereocenters. The summed E-state index contributed by atoms with van der Waals surface area (Å²) in [5.74, 6) is -0.132. The summed E-state index contributed by atoms with van der Waals surface area (Å²) in [4.78, 5) is 14.5. The van der Waals surface area contributed by atoms with Gasteiger partial charge in [-0.05, 0) is 42.8 Å². The summed E-state index contributed by atoms with van der Waals surface area (Å²) >= 11 is 11.0. The summed E-state index contributed by atoms with van der Waals surface area (Å²) in [6, 6.07) is 12.5. The largest absolute Gasteiger partial charge is 0.389 e. The zero-order chi connectivity index (χ0) is 15.6. The van der Waals surface area contributed by atoms with Crippen molar-refractivity contribution < 1.29 is 4.79 Å². The first-order valence-electron chi connectivity index (χ1n) is 6.35. The maximum absolute atomic E-state index is 12.7. The quantitative estimate of drug-likeness (QED) is 0.880. The van der Waals surface area contributed by atoms with E-state index in [1.807, 2.05) is 25.1 Å². The number of benzene rings is 2. The Kier molecular flexibility index (Phi) is 4.60. The molecule has 0 spiro atoms. The molecular weight excluding hydrogens is 304 g/mol. The number of para-hydroxylation sites is 1. The Morgan fingerprint density at radius 3 is 2.48 bits per heavy atom. The standard InChI is InChI=1S/C16H15ClN2OS/c1-10-9-11(17)7-8-12(10)16(20)19(2)14-6-4-3-5-13(14)15(18)21/h3-9H,1-2H3,(H2,18,21). The molecule has 0 fully saturated rings. The Labute approximate surface area is 134 Å². The zero-order valence-corrected chi connectivity index (χ0v) is 13.3. The average Bonchev–Trinajstić information content (AvgIpc) is 2.45. The summed E-state index contributed by atoms with van der Waals surface area (Å²) in [5.41, 5.74) is 8.50. The number of hydrogen-bond acceptors (Lipinski definition) is 2. The summed E-state index contributed by atoms with van der Waals surface area (Å²) in [5, 5.41) is 0.607. The van der Waals surface area contributed by atoms with Crippen LogP contribution in [0.5, 0.6) is 0 Å². The fourth-order valence-electron chi connectivity index (χ4n) is 2.13. The van der Waals surface area contributed by atoms with Crippen LogP contribution in [0.15, 0.2) is 42.5 Å². The molecule has 0 aliphatic heterocycles. The van der Waals surface area contributed by atoms with Gasteiger partial charge >= 0.3 is 0 Å². The molecule has 108 valence electrons. The van der Waals surface area contributed by atoms with Gasteiger partial charge in [-0.15, -0.1) is 0 Å². The second-order valence-corrected chi connectivity index (χ2v) is 5.58. The minimum Gasteiger partial charge on any atom is -0.389 e. The molecule has 21 heavy (non-hydrogen) atoms. The maximum atomic E-state index is 12.7.